The van der Waals surface area contributed by atoms with E-state index < -0.39 is 0 Å². The van der Waals surface area contributed by atoms with E-state index in [0.29, 0.717) is 18.3 Å². The molecule has 0 aliphatic carbocycles. The maximum absolute atomic E-state index is 13.9. The van der Waals surface area contributed by atoms with Crippen molar-refractivity contribution in [1.29, 1.82) is 0 Å². The molecule has 1 unspecified atom stereocenters. The van der Waals surface area contributed by atoms with Gasteiger partial charge in [-0.3, -0.25) is 0 Å². The smallest absolute Gasteiger partial charge is 0.146 e. The van der Waals surface area contributed by atoms with Crippen molar-refractivity contribution in [3.05, 3.63) is 29.6 Å². The Balaban J connectivity index is 2.77. The Bertz CT molecular complexity index is 357. The number of nitrogens with zero attached hydrogens (tertiary/aromatic N) is 1. The first-order chi connectivity index (χ1) is 8.10. The van der Waals surface area contributed by atoms with Crippen LogP contribution in [0.2, 0.25) is 0 Å². The van der Waals surface area contributed by atoms with Gasteiger partial charge in [-0.05, 0) is 43.0 Å². The summed E-state index contributed by atoms with van der Waals surface area (Å²) in [4.78, 5) is 1.99. The minimum Gasteiger partial charge on any atom is -0.369 e. The molecule has 1 rings (SSSR count). The summed E-state index contributed by atoms with van der Waals surface area (Å²) in [5, 5.41) is 0. The third-order valence-electron chi connectivity index (χ3n) is 3.03. The summed E-state index contributed by atoms with van der Waals surface area (Å²) in [6.07, 6.45) is 3.14. The normalized spacial score (nSPS) is 12.5. The molecule has 1 aromatic rings. The van der Waals surface area contributed by atoms with Gasteiger partial charge in [0.25, 0.3) is 0 Å². The van der Waals surface area contributed by atoms with E-state index in [-0.39, 0.29) is 5.82 Å². The van der Waals surface area contributed by atoms with E-state index in [1.54, 1.807) is 0 Å². The molecule has 1 aromatic carbocycles. The molecule has 0 aliphatic rings. The lowest BCUT2D eigenvalue weighted by Crippen LogP contribution is -2.30. The molecule has 0 aliphatic heterocycles. The first kappa shape index (κ1) is 14.3. The molecule has 0 heterocycles. The van der Waals surface area contributed by atoms with Crippen molar-refractivity contribution in [3.8, 4) is 0 Å². The van der Waals surface area contributed by atoms with Crippen LogP contribution < -0.4 is 10.6 Å². The van der Waals surface area contributed by atoms with Crippen LogP contribution in [0.25, 0.3) is 0 Å². The van der Waals surface area contributed by atoms with Crippen LogP contribution in [0, 0.1) is 5.82 Å². The van der Waals surface area contributed by atoms with Crippen LogP contribution in [0.3, 0.4) is 0 Å². The fourth-order valence-corrected chi connectivity index (χ4v) is 2.26. The molecular weight excluding hydrogens is 235 g/mol. The lowest BCUT2D eigenvalue weighted by Gasteiger charge is -2.27. The first-order valence-electron chi connectivity index (χ1n) is 5.80. The van der Waals surface area contributed by atoms with E-state index in [1.807, 2.05) is 35.8 Å². The summed E-state index contributed by atoms with van der Waals surface area (Å²) in [5.74, 6) is 0.903. The first-order valence-corrected chi connectivity index (χ1v) is 7.19. The molecule has 0 spiro atoms. The molecule has 2 N–H and O–H groups in total. The van der Waals surface area contributed by atoms with E-state index in [0.717, 1.165) is 17.7 Å². The summed E-state index contributed by atoms with van der Waals surface area (Å²) in [6, 6.07) is 5.55. The van der Waals surface area contributed by atoms with Gasteiger partial charge in [-0.25, -0.2) is 4.39 Å². The average Bonchev–Trinajstić information content (AvgIpc) is 2.34. The Kier molecular flexibility index (Phi) is 5.78. The Labute approximate surface area is 107 Å². The van der Waals surface area contributed by atoms with Gasteiger partial charge in [-0.2, -0.15) is 11.8 Å². The van der Waals surface area contributed by atoms with Crippen LogP contribution >= 0.6 is 11.8 Å². The van der Waals surface area contributed by atoms with Gasteiger partial charge < -0.3 is 10.6 Å². The Morgan fingerprint density at radius 3 is 2.71 bits per heavy atom. The Morgan fingerprint density at radius 2 is 2.18 bits per heavy atom. The fourth-order valence-electron chi connectivity index (χ4n) is 1.68. The second kappa shape index (κ2) is 6.87. The number of nitrogens with two attached hydrogens (primary N) is 1. The van der Waals surface area contributed by atoms with Gasteiger partial charge >= 0.3 is 0 Å². The quantitative estimate of drug-likeness (QED) is 0.848. The SMILES string of the molecule is CSCCC(C)N(C)c1ccc(CN)cc1F. The second-order valence-electron chi connectivity index (χ2n) is 4.23. The lowest BCUT2D eigenvalue weighted by molar-refractivity contribution is 0.599. The van der Waals surface area contributed by atoms with Crippen LogP contribution in [-0.2, 0) is 6.54 Å². The third kappa shape index (κ3) is 3.89. The number of anilines is 1. The van der Waals surface area contributed by atoms with Crippen LogP contribution in [0.5, 0.6) is 0 Å². The van der Waals surface area contributed by atoms with Crippen molar-refractivity contribution in [2.45, 2.75) is 25.9 Å². The molecular formula is C13H21FN2S. The van der Waals surface area contributed by atoms with Crippen LogP contribution in [0.4, 0.5) is 10.1 Å². The number of hydrogen-bond donors (Lipinski definition) is 1. The summed E-state index contributed by atoms with van der Waals surface area (Å²) >= 11 is 1.82. The number of benzene rings is 1. The zero-order valence-electron chi connectivity index (χ0n) is 10.7. The Hall–Kier alpha value is -0.740. The minimum atomic E-state index is -0.188. The molecule has 17 heavy (non-hydrogen) atoms. The highest BCUT2D eigenvalue weighted by molar-refractivity contribution is 7.98. The van der Waals surface area contributed by atoms with Gasteiger partial charge in [0.15, 0.2) is 0 Å². The predicted octanol–water partition coefficient (Wildman–Crippen LogP) is 2.86. The van der Waals surface area contributed by atoms with E-state index in [4.69, 9.17) is 5.73 Å². The lowest BCUT2D eigenvalue weighted by atomic mass is 10.1. The molecule has 0 fully saturated rings. The zero-order valence-corrected chi connectivity index (χ0v) is 11.6. The van der Waals surface area contributed by atoms with Gasteiger partial charge in [0.1, 0.15) is 5.82 Å². The van der Waals surface area contributed by atoms with Gasteiger partial charge in [0, 0.05) is 19.6 Å². The van der Waals surface area contributed by atoms with Gasteiger partial charge in [-0.1, -0.05) is 6.07 Å². The topological polar surface area (TPSA) is 29.3 Å². The summed E-state index contributed by atoms with van der Waals surface area (Å²) < 4.78 is 13.9. The van der Waals surface area contributed by atoms with Crippen molar-refractivity contribution < 1.29 is 4.39 Å². The summed E-state index contributed by atoms with van der Waals surface area (Å²) in [7, 11) is 1.94. The van der Waals surface area contributed by atoms with Crippen LogP contribution in [0.1, 0.15) is 18.9 Å². The molecule has 0 bridgehead atoms. The Morgan fingerprint density at radius 1 is 1.47 bits per heavy atom. The number of thioether (sulfide) groups is 1. The molecule has 0 amide bonds. The highest BCUT2D eigenvalue weighted by Crippen LogP contribution is 2.22. The summed E-state index contributed by atoms with van der Waals surface area (Å²) in [6.45, 7) is 2.50. The monoisotopic (exact) mass is 256 g/mol. The molecule has 1 atom stereocenters. The van der Waals surface area contributed by atoms with E-state index in [1.165, 1.54) is 6.07 Å². The molecule has 0 saturated heterocycles. The van der Waals surface area contributed by atoms with Crippen molar-refractivity contribution in [3.63, 3.8) is 0 Å². The summed E-state index contributed by atoms with van der Waals surface area (Å²) in [5.41, 5.74) is 6.97. The number of hydrogen-bond acceptors (Lipinski definition) is 3. The standard InChI is InChI=1S/C13H21FN2S/c1-10(6-7-17-3)16(2)13-5-4-11(9-15)8-12(13)14/h4-5,8,10H,6-7,9,15H2,1-3H3. The van der Waals surface area contributed by atoms with Crippen molar-refractivity contribution in [2.24, 2.45) is 5.73 Å². The van der Waals surface area contributed by atoms with Gasteiger partial charge in [0.2, 0.25) is 0 Å². The maximum atomic E-state index is 13.9. The highest BCUT2D eigenvalue weighted by Gasteiger charge is 2.13. The van der Waals surface area contributed by atoms with Crippen LogP contribution in [-0.4, -0.2) is 25.1 Å². The molecule has 2 nitrogen and oxygen atoms in total. The van der Waals surface area contributed by atoms with E-state index in [9.17, 15) is 4.39 Å². The van der Waals surface area contributed by atoms with Crippen molar-refractivity contribution in [1.82, 2.24) is 0 Å². The highest BCUT2D eigenvalue weighted by atomic mass is 32.2. The number of halogens is 1. The van der Waals surface area contributed by atoms with E-state index >= 15 is 0 Å². The average molecular weight is 256 g/mol. The van der Waals surface area contributed by atoms with Crippen molar-refractivity contribution in [2.75, 3.05) is 24.0 Å². The molecule has 0 aromatic heterocycles. The fraction of sp³-hybridized carbons (Fsp3) is 0.538. The second-order valence-corrected chi connectivity index (χ2v) is 5.22. The van der Waals surface area contributed by atoms with E-state index in [2.05, 4.69) is 13.2 Å². The van der Waals surface area contributed by atoms with Gasteiger partial charge in [0.05, 0.1) is 5.69 Å². The van der Waals surface area contributed by atoms with Crippen LogP contribution in [0.15, 0.2) is 18.2 Å². The van der Waals surface area contributed by atoms with Gasteiger partial charge in [-0.15, -0.1) is 0 Å². The third-order valence-corrected chi connectivity index (χ3v) is 3.67. The zero-order chi connectivity index (χ0) is 12.8. The molecule has 0 saturated carbocycles. The molecule has 4 heteroatoms. The predicted molar refractivity (Wildman–Crippen MR) is 75.2 cm³/mol. The number of rotatable bonds is 6. The van der Waals surface area contributed by atoms with Crippen molar-refractivity contribution >= 4 is 17.4 Å². The largest absolute Gasteiger partial charge is 0.369 e. The molecule has 96 valence electrons. The minimum absolute atomic E-state index is 0.188. The maximum Gasteiger partial charge on any atom is 0.146 e. The molecule has 0 radical (unpaired) electrons.